The van der Waals surface area contributed by atoms with Crippen LogP contribution >= 0.6 is 11.6 Å². The predicted molar refractivity (Wildman–Crippen MR) is 125 cm³/mol. The zero-order valence-electron chi connectivity index (χ0n) is 17.7. The van der Waals surface area contributed by atoms with Gasteiger partial charge in [-0.15, -0.1) is 0 Å². The first kappa shape index (κ1) is 21.9. The summed E-state index contributed by atoms with van der Waals surface area (Å²) in [6.45, 7) is 3.90. The molecule has 4 rings (SSSR count). The van der Waals surface area contributed by atoms with Crippen LogP contribution in [0.4, 0.5) is 5.82 Å². The van der Waals surface area contributed by atoms with Crippen molar-refractivity contribution in [2.75, 3.05) is 25.1 Å². The minimum Gasteiger partial charge on any atom is -0.493 e. The molecule has 1 N–H and O–H groups in total. The van der Waals surface area contributed by atoms with Crippen LogP contribution in [0.25, 0.3) is 0 Å². The number of carbonyl (C=O) groups is 1. The molecule has 0 bridgehead atoms. The van der Waals surface area contributed by atoms with Crippen LogP contribution in [0, 0.1) is 24.7 Å². The van der Waals surface area contributed by atoms with Crippen LogP contribution in [0.15, 0.2) is 60.8 Å². The standard InChI is InChI=1S/C26H23ClN2O3/c1-18-13-20(8-7-19-5-3-2-4-6-19)15-28-25(18)29-26(30)23-14-22(9-10-24(23)27)32-17-21-11-12-31-16-21/h2-6,9-10,13-15,21H,11-12,16-17H2,1H3,(H,28,29,30). The van der Waals surface area contributed by atoms with E-state index in [-0.39, 0.29) is 5.91 Å². The van der Waals surface area contributed by atoms with Crippen molar-refractivity contribution in [3.05, 3.63) is 88.1 Å². The summed E-state index contributed by atoms with van der Waals surface area (Å²) >= 11 is 6.27. The number of amides is 1. The molecule has 1 unspecified atom stereocenters. The van der Waals surface area contributed by atoms with Gasteiger partial charge in [0.1, 0.15) is 11.6 Å². The Morgan fingerprint density at radius 1 is 1.19 bits per heavy atom. The van der Waals surface area contributed by atoms with E-state index in [1.807, 2.05) is 43.3 Å². The van der Waals surface area contributed by atoms with Crippen molar-refractivity contribution < 1.29 is 14.3 Å². The van der Waals surface area contributed by atoms with Gasteiger partial charge < -0.3 is 14.8 Å². The smallest absolute Gasteiger partial charge is 0.258 e. The number of hydrogen-bond acceptors (Lipinski definition) is 4. The summed E-state index contributed by atoms with van der Waals surface area (Å²) in [5, 5.41) is 3.18. The number of anilines is 1. The van der Waals surface area contributed by atoms with Gasteiger partial charge in [-0.2, -0.15) is 0 Å². The third kappa shape index (κ3) is 5.67. The Balaban J connectivity index is 1.44. The number of ether oxygens (including phenoxy) is 2. The number of aryl methyl sites for hydroxylation is 1. The Morgan fingerprint density at radius 2 is 2.00 bits per heavy atom. The second-order valence-corrected chi connectivity index (χ2v) is 8.05. The number of halogens is 1. The number of pyridine rings is 1. The predicted octanol–water partition coefficient (Wildman–Crippen LogP) is 5.11. The molecule has 1 aliphatic heterocycles. The fourth-order valence-corrected chi connectivity index (χ4v) is 3.52. The average Bonchev–Trinajstić information content (AvgIpc) is 3.33. The third-order valence-corrected chi connectivity index (χ3v) is 5.46. The van der Waals surface area contributed by atoms with Crippen LogP contribution < -0.4 is 10.1 Å². The number of aromatic nitrogens is 1. The highest BCUT2D eigenvalue weighted by atomic mass is 35.5. The molecule has 1 amide bonds. The maximum Gasteiger partial charge on any atom is 0.258 e. The van der Waals surface area contributed by atoms with Crippen LogP contribution in [-0.4, -0.2) is 30.7 Å². The number of nitrogens with zero attached hydrogens (tertiary/aromatic N) is 1. The summed E-state index contributed by atoms with van der Waals surface area (Å²) in [6, 6.07) is 16.7. The van der Waals surface area contributed by atoms with Crippen LogP contribution in [0.1, 0.15) is 33.5 Å². The minimum atomic E-state index is -0.344. The lowest BCUT2D eigenvalue weighted by Gasteiger charge is -2.13. The quantitative estimate of drug-likeness (QED) is 0.553. The van der Waals surface area contributed by atoms with Crippen LogP contribution in [-0.2, 0) is 4.74 Å². The molecular weight excluding hydrogens is 424 g/mol. The highest BCUT2D eigenvalue weighted by Crippen LogP contribution is 2.25. The van der Waals surface area contributed by atoms with Crippen molar-refractivity contribution in [1.82, 2.24) is 4.98 Å². The molecule has 1 aromatic heterocycles. The van der Waals surface area contributed by atoms with Gasteiger partial charge >= 0.3 is 0 Å². The number of rotatable bonds is 5. The lowest BCUT2D eigenvalue weighted by atomic mass is 10.1. The van der Waals surface area contributed by atoms with Crippen LogP contribution in [0.3, 0.4) is 0 Å². The Kier molecular flexibility index (Phi) is 7.06. The molecule has 2 aromatic carbocycles. The molecular formula is C26H23ClN2O3. The van der Waals surface area contributed by atoms with E-state index in [2.05, 4.69) is 22.1 Å². The second-order valence-electron chi connectivity index (χ2n) is 7.64. The molecule has 2 heterocycles. The van der Waals surface area contributed by atoms with E-state index >= 15 is 0 Å². The topological polar surface area (TPSA) is 60.5 Å². The zero-order valence-corrected chi connectivity index (χ0v) is 18.5. The Labute approximate surface area is 192 Å². The van der Waals surface area contributed by atoms with Crippen molar-refractivity contribution in [3.63, 3.8) is 0 Å². The van der Waals surface area contributed by atoms with E-state index in [0.29, 0.717) is 41.3 Å². The summed E-state index contributed by atoms with van der Waals surface area (Å²) < 4.78 is 11.2. The molecule has 32 heavy (non-hydrogen) atoms. The number of benzene rings is 2. The van der Waals surface area contributed by atoms with Gasteiger partial charge in [-0.25, -0.2) is 4.98 Å². The Hall–Kier alpha value is -3.33. The summed E-state index contributed by atoms with van der Waals surface area (Å²) in [4.78, 5) is 17.2. The summed E-state index contributed by atoms with van der Waals surface area (Å²) in [5.41, 5.74) is 2.84. The monoisotopic (exact) mass is 446 g/mol. The van der Waals surface area contributed by atoms with Gasteiger partial charge in [-0.3, -0.25) is 4.79 Å². The Morgan fingerprint density at radius 3 is 2.75 bits per heavy atom. The van der Waals surface area contributed by atoms with Gasteiger partial charge in [0, 0.05) is 29.8 Å². The number of hydrogen-bond donors (Lipinski definition) is 1. The molecule has 1 atom stereocenters. The lowest BCUT2D eigenvalue weighted by molar-refractivity contribution is 0.102. The van der Waals surface area contributed by atoms with Gasteiger partial charge in [0.2, 0.25) is 0 Å². The summed E-state index contributed by atoms with van der Waals surface area (Å²) in [6.07, 6.45) is 2.63. The first-order chi connectivity index (χ1) is 15.6. The normalized spacial score (nSPS) is 15.0. The molecule has 0 spiro atoms. The van der Waals surface area contributed by atoms with Crippen molar-refractivity contribution in [1.29, 1.82) is 0 Å². The Bertz CT molecular complexity index is 1160. The van der Waals surface area contributed by atoms with Crippen LogP contribution in [0.2, 0.25) is 5.02 Å². The molecule has 1 saturated heterocycles. The van der Waals surface area contributed by atoms with Crippen LogP contribution in [0.5, 0.6) is 5.75 Å². The van der Waals surface area contributed by atoms with Gasteiger partial charge in [0.05, 0.1) is 23.8 Å². The summed E-state index contributed by atoms with van der Waals surface area (Å²) in [7, 11) is 0. The lowest BCUT2D eigenvalue weighted by Crippen LogP contribution is -2.15. The number of nitrogens with one attached hydrogen (secondary N) is 1. The van der Waals surface area contributed by atoms with E-state index in [1.54, 1.807) is 24.4 Å². The molecule has 6 heteroatoms. The van der Waals surface area contributed by atoms with E-state index < -0.39 is 0 Å². The van der Waals surface area contributed by atoms with E-state index in [4.69, 9.17) is 21.1 Å². The molecule has 1 aliphatic rings. The molecule has 5 nitrogen and oxygen atoms in total. The first-order valence-corrected chi connectivity index (χ1v) is 10.8. The number of carbonyl (C=O) groups excluding carboxylic acids is 1. The maximum atomic E-state index is 12.9. The van der Waals surface area contributed by atoms with Crippen molar-refractivity contribution in [2.24, 2.45) is 5.92 Å². The molecule has 0 saturated carbocycles. The highest BCUT2D eigenvalue weighted by molar-refractivity contribution is 6.34. The minimum absolute atomic E-state index is 0.334. The van der Waals surface area contributed by atoms with Crippen molar-refractivity contribution in [2.45, 2.75) is 13.3 Å². The van der Waals surface area contributed by atoms with E-state index in [9.17, 15) is 4.79 Å². The zero-order chi connectivity index (χ0) is 22.3. The third-order valence-electron chi connectivity index (χ3n) is 5.13. The van der Waals surface area contributed by atoms with Gasteiger partial charge in [0.25, 0.3) is 5.91 Å². The molecule has 3 aromatic rings. The van der Waals surface area contributed by atoms with Crippen molar-refractivity contribution in [3.8, 4) is 17.6 Å². The first-order valence-electron chi connectivity index (χ1n) is 10.4. The second kappa shape index (κ2) is 10.3. The highest BCUT2D eigenvalue weighted by Gasteiger charge is 2.18. The van der Waals surface area contributed by atoms with Gasteiger partial charge in [0.15, 0.2) is 0 Å². The molecule has 0 aliphatic carbocycles. The van der Waals surface area contributed by atoms with Gasteiger partial charge in [-0.05, 0) is 55.3 Å². The maximum absolute atomic E-state index is 12.9. The SMILES string of the molecule is Cc1cc(C#Cc2ccccc2)cnc1NC(=O)c1cc(OCC2CCOC2)ccc1Cl. The van der Waals surface area contributed by atoms with E-state index in [1.165, 1.54) is 0 Å². The van der Waals surface area contributed by atoms with Gasteiger partial charge in [-0.1, -0.05) is 41.6 Å². The largest absolute Gasteiger partial charge is 0.493 e. The summed E-state index contributed by atoms with van der Waals surface area (Å²) in [5.74, 6) is 7.29. The fraction of sp³-hybridized carbons (Fsp3) is 0.231. The molecule has 0 radical (unpaired) electrons. The fourth-order valence-electron chi connectivity index (χ4n) is 3.31. The van der Waals surface area contributed by atoms with Crippen molar-refractivity contribution >= 4 is 23.3 Å². The van der Waals surface area contributed by atoms with E-state index in [0.717, 1.165) is 29.7 Å². The molecule has 162 valence electrons. The average molecular weight is 447 g/mol. The molecule has 1 fully saturated rings.